The second-order valence-corrected chi connectivity index (χ2v) is 7.99. The Labute approximate surface area is 165 Å². The van der Waals surface area contributed by atoms with E-state index in [4.69, 9.17) is 21.1 Å². The highest BCUT2D eigenvalue weighted by Gasteiger charge is 2.08. The molecule has 0 radical (unpaired) electrons. The maximum absolute atomic E-state index is 6.53. The van der Waals surface area contributed by atoms with Gasteiger partial charge in [-0.25, -0.2) is 0 Å². The van der Waals surface area contributed by atoms with Gasteiger partial charge >= 0.3 is 0 Å². The Bertz CT molecular complexity index is 660. The number of benzene rings is 2. The zero-order valence-electron chi connectivity index (χ0n) is 15.2. The molecular weight excluding hydrogens is 400 g/mol. The van der Waals surface area contributed by atoms with Crippen LogP contribution in [0.3, 0.4) is 0 Å². The Hall–Kier alpha value is -0.930. The summed E-state index contributed by atoms with van der Waals surface area (Å²) in [7, 11) is 0. The molecule has 25 heavy (non-hydrogen) atoms. The van der Waals surface area contributed by atoms with Crippen molar-refractivity contribution in [1.29, 1.82) is 0 Å². The van der Waals surface area contributed by atoms with Gasteiger partial charge in [0.1, 0.15) is 11.5 Å². The van der Waals surface area contributed by atoms with Crippen LogP contribution in [0.4, 0.5) is 0 Å². The van der Waals surface area contributed by atoms with E-state index < -0.39 is 0 Å². The molecule has 0 saturated carbocycles. The lowest BCUT2D eigenvalue weighted by Gasteiger charge is -2.12. The SMILES string of the molecule is CCCCOc1ccc2c(Cl)c(OCCCCC(Br)CC)ccc2c1. The highest BCUT2D eigenvalue weighted by atomic mass is 79.9. The Morgan fingerprint density at radius 2 is 1.80 bits per heavy atom. The van der Waals surface area contributed by atoms with Crippen molar-refractivity contribution in [1.82, 2.24) is 0 Å². The van der Waals surface area contributed by atoms with E-state index >= 15 is 0 Å². The Balaban J connectivity index is 1.93. The lowest BCUT2D eigenvalue weighted by Crippen LogP contribution is -2.01. The summed E-state index contributed by atoms with van der Waals surface area (Å²) in [5.41, 5.74) is 0. The van der Waals surface area contributed by atoms with Crippen LogP contribution >= 0.6 is 27.5 Å². The number of alkyl halides is 1. The molecular formula is C21H28BrClO2. The summed E-state index contributed by atoms with van der Waals surface area (Å²) in [6.45, 7) is 5.81. The monoisotopic (exact) mass is 426 g/mol. The van der Waals surface area contributed by atoms with Crippen LogP contribution in [0.25, 0.3) is 10.8 Å². The predicted molar refractivity (Wildman–Crippen MR) is 112 cm³/mol. The second kappa shape index (κ2) is 10.9. The van der Waals surface area contributed by atoms with E-state index in [9.17, 15) is 0 Å². The molecule has 1 unspecified atom stereocenters. The third-order valence-corrected chi connectivity index (χ3v) is 5.76. The van der Waals surface area contributed by atoms with E-state index in [0.29, 0.717) is 16.5 Å². The van der Waals surface area contributed by atoms with E-state index in [1.165, 1.54) is 12.8 Å². The molecule has 1 atom stereocenters. The maximum atomic E-state index is 6.53. The molecule has 0 aliphatic carbocycles. The molecule has 0 aliphatic rings. The quantitative estimate of drug-likeness (QED) is 0.275. The smallest absolute Gasteiger partial charge is 0.138 e. The lowest BCUT2D eigenvalue weighted by atomic mass is 10.1. The van der Waals surface area contributed by atoms with Crippen molar-refractivity contribution in [3.05, 3.63) is 35.4 Å². The van der Waals surface area contributed by atoms with Gasteiger partial charge in [0, 0.05) is 10.2 Å². The number of ether oxygens (including phenoxy) is 2. The van der Waals surface area contributed by atoms with Gasteiger partial charge in [0.25, 0.3) is 0 Å². The summed E-state index contributed by atoms with van der Waals surface area (Å²) in [5, 5.41) is 2.77. The number of unbranched alkanes of at least 4 members (excludes halogenated alkanes) is 2. The fourth-order valence-electron chi connectivity index (χ4n) is 2.64. The van der Waals surface area contributed by atoms with Crippen LogP contribution in [0.2, 0.25) is 5.02 Å². The summed E-state index contributed by atoms with van der Waals surface area (Å²) >= 11 is 10.2. The van der Waals surface area contributed by atoms with Crippen LogP contribution in [0, 0.1) is 0 Å². The summed E-state index contributed by atoms with van der Waals surface area (Å²) in [4.78, 5) is 0.616. The minimum Gasteiger partial charge on any atom is -0.494 e. The first-order valence-corrected chi connectivity index (χ1v) is 10.6. The van der Waals surface area contributed by atoms with Crippen molar-refractivity contribution < 1.29 is 9.47 Å². The summed E-state index contributed by atoms with van der Waals surface area (Å²) in [6.07, 6.45) is 6.76. The van der Waals surface area contributed by atoms with Gasteiger partial charge in [0.05, 0.1) is 18.2 Å². The highest BCUT2D eigenvalue weighted by Crippen LogP contribution is 2.34. The molecule has 4 heteroatoms. The molecule has 0 aliphatic heterocycles. The van der Waals surface area contributed by atoms with E-state index in [0.717, 1.165) is 54.6 Å². The fourth-order valence-corrected chi connectivity index (χ4v) is 3.25. The summed E-state index contributed by atoms with van der Waals surface area (Å²) in [6, 6.07) is 10.0. The standard InChI is InChI=1S/C21H28BrClO2/c1-3-5-13-24-18-10-11-19-16(15-18)9-12-20(21(19)23)25-14-7-6-8-17(22)4-2/h9-12,15,17H,3-8,13-14H2,1-2H3. The molecule has 2 rings (SSSR count). The maximum Gasteiger partial charge on any atom is 0.138 e. The molecule has 0 bridgehead atoms. The van der Waals surface area contributed by atoms with Crippen molar-refractivity contribution in [2.24, 2.45) is 0 Å². The molecule has 0 heterocycles. The summed E-state index contributed by atoms with van der Waals surface area (Å²) < 4.78 is 11.7. The van der Waals surface area contributed by atoms with Gasteiger partial charge in [-0.3, -0.25) is 0 Å². The van der Waals surface area contributed by atoms with Crippen LogP contribution in [-0.4, -0.2) is 18.0 Å². The normalized spacial score (nSPS) is 12.3. The summed E-state index contributed by atoms with van der Waals surface area (Å²) in [5.74, 6) is 1.66. The fraction of sp³-hybridized carbons (Fsp3) is 0.524. The van der Waals surface area contributed by atoms with Crippen molar-refractivity contribution in [2.75, 3.05) is 13.2 Å². The first-order chi connectivity index (χ1) is 12.2. The lowest BCUT2D eigenvalue weighted by molar-refractivity contribution is 0.305. The van der Waals surface area contributed by atoms with Crippen molar-refractivity contribution in [3.63, 3.8) is 0 Å². The molecule has 0 saturated heterocycles. The first-order valence-electron chi connectivity index (χ1n) is 9.27. The molecule has 2 nitrogen and oxygen atoms in total. The third kappa shape index (κ3) is 6.38. The zero-order valence-corrected chi connectivity index (χ0v) is 17.5. The molecule has 0 amide bonds. The van der Waals surface area contributed by atoms with Crippen molar-refractivity contribution >= 4 is 38.3 Å². The van der Waals surface area contributed by atoms with Crippen LogP contribution in [0.15, 0.2) is 30.3 Å². The van der Waals surface area contributed by atoms with Crippen LogP contribution in [0.5, 0.6) is 11.5 Å². The molecule has 0 N–H and O–H groups in total. The average Bonchev–Trinajstić information content (AvgIpc) is 2.63. The molecule has 2 aromatic carbocycles. The number of hydrogen-bond donors (Lipinski definition) is 0. The van der Waals surface area contributed by atoms with E-state index in [1.807, 2.05) is 24.3 Å². The molecule has 2 aromatic rings. The van der Waals surface area contributed by atoms with Gasteiger partial charge < -0.3 is 9.47 Å². The molecule has 138 valence electrons. The van der Waals surface area contributed by atoms with Gasteiger partial charge in [-0.1, -0.05) is 53.9 Å². The topological polar surface area (TPSA) is 18.5 Å². The van der Waals surface area contributed by atoms with Crippen LogP contribution < -0.4 is 9.47 Å². The third-order valence-electron chi connectivity index (χ3n) is 4.27. The minimum absolute atomic E-state index is 0.616. The van der Waals surface area contributed by atoms with E-state index in [1.54, 1.807) is 0 Å². The zero-order chi connectivity index (χ0) is 18.1. The van der Waals surface area contributed by atoms with Gasteiger partial charge in [-0.05, 0) is 61.8 Å². The average molecular weight is 428 g/mol. The number of hydrogen-bond acceptors (Lipinski definition) is 2. The Morgan fingerprint density at radius 1 is 1.00 bits per heavy atom. The van der Waals surface area contributed by atoms with E-state index in [-0.39, 0.29) is 0 Å². The van der Waals surface area contributed by atoms with Crippen LogP contribution in [0.1, 0.15) is 52.4 Å². The molecule has 0 spiro atoms. The molecule has 0 fully saturated rings. The Morgan fingerprint density at radius 3 is 2.56 bits per heavy atom. The van der Waals surface area contributed by atoms with E-state index in [2.05, 4.69) is 35.8 Å². The van der Waals surface area contributed by atoms with Gasteiger partial charge in [0.15, 0.2) is 0 Å². The molecule has 0 aromatic heterocycles. The van der Waals surface area contributed by atoms with Gasteiger partial charge in [0.2, 0.25) is 0 Å². The first kappa shape index (κ1) is 20.4. The number of halogens is 2. The second-order valence-electron chi connectivity index (χ2n) is 6.31. The Kier molecular flexibility index (Phi) is 8.91. The highest BCUT2D eigenvalue weighted by molar-refractivity contribution is 9.09. The minimum atomic E-state index is 0.616. The van der Waals surface area contributed by atoms with Gasteiger partial charge in [-0.2, -0.15) is 0 Å². The van der Waals surface area contributed by atoms with Crippen LogP contribution in [-0.2, 0) is 0 Å². The van der Waals surface area contributed by atoms with Crippen molar-refractivity contribution in [3.8, 4) is 11.5 Å². The number of fused-ring (bicyclic) bond motifs is 1. The van der Waals surface area contributed by atoms with Gasteiger partial charge in [-0.15, -0.1) is 0 Å². The number of rotatable bonds is 11. The predicted octanol–water partition coefficient (Wildman–Crippen LogP) is 7.39. The largest absolute Gasteiger partial charge is 0.494 e. The van der Waals surface area contributed by atoms with Crippen molar-refractivity contribution in [2.45, 2.75) is 57.2 Å².